The number of benzene rings is 3. The number of hydrogen-bond donors (Lipinski definition) is 4. The van der Waals surface area contributed by atoms with Crippen LogP contribution in [0.2, 0.25) is 0 Å². The van der Waals surface area contributed by atoms with Gasteiger partial charge in [-0.25, -0.2) is 18.7 Å². The normalized spacial score (nSPS) is 10.6. The number of nitrogens with one attached hydrogen (secondary N) is 3. The fourth-order valence-electron chi connectivity index (χ4n) is 2.91. The van der Waals surface area contributed by atoms with Crippen LogP contribution in [0.25, 0.3) is 10.8 Å². The Bertz CT molecular complexity index is 1240. The summed E-state index contributed by atoms with van der Waals surface area (Å²) in [6.07, 6.45) is 1.21. The van der Waals surface area contributed by atoms with Gasteiger partial charge in [-0.15, -0.1) is 0 Å². The third kappa shape index (κ3) is 3.81. The second-order valence-corrected chi connectivity index (χ2v) is 6.34. The number of anilines is 4. The van der Waals surface area contributed by atoms with Crippen LogP contribution in [0.15, 0.2) is 67.0 Å². The van der Waals surface area contributed by atoms with Gasteiger partial charge in [0.15, 0.2) is 23.3 Å². The molecule has 9 heteroatoms. The van der Waals surface area contributed by atoms with Gasteiger partial charge in [0, 0.05) is 17.3 Å². The highest BCUT2D eigenvalue weighted by Gasteiger charge is 2.13. The fraction of sp³-hybridized carbons (Fsp3) is 0. The van der Waals surface area contributed by atoms with Crippen molar-refractivity contribution in [2.45, 2.75) is 0 Å². The maximum atomic E-state index is 13.4. The highest BCUT2D eigenvalue weighted by atomic mass is 19.2. The van der Waals surface area contributed by atoms with Gasteiger partial charge < -0.3 is 11.1 Å². The minimum Gasteiger partial charge on any atom is -0.393 e. The summed E-state index contributed by atoms with van der Waals surface area (Å²) in [5, 5.41) is 4.53. The Labute approximate surface area is 169 Å². The molecule has 0 fully saturated rings. The molecule has 1 aromatic heterocycles. The SMILES string of the molecule is Nc1c(NNC(=O)c2cccc3ccccc23)ncnc1Nc1ccc(F)c(F)c1. The zero-order valence-electron chi connectivity index (χ0n) is 15.5. The van der Waals surface area contributed by atoms with E-state index in [-0.39, 0.29) is 28.9 Å². The number of hydrazine groups is 1. The van der Waals surface area contributed by atoms with Crippen molar-refractivity contribution in [3.8, 4) is 0 Å². The van der Waals surface area contributed by atoms with E-state index in [1.165, 1.54) is 12.4 Å². The predicted octanol–water partition coefficient (Wildman–Crippen LogP) is 3.99. The zero-order chi connectivity index (χ0) is 21.1. The number of amides is 1. The number of fused-ring (bicyclic) bond motifs is 1. The smallest absolute Gasteiger partial charge is 0.270 e. The monoisotopic (exact) mass is 406 g/mol. The van der Waals surface area contributed by atoms with Crippen LogP contribution in [0.1, 0.15) is 10.4 Å². The highest BCUT2D eigenvalue weighted by Crippen LogP contribution is 2.26. The Morgan fingerprint density at radius 2 is 1.67 bits per heavy atom. The Morgan fingerprint density at radius 3 is 2.50 bits per heavy atom. The van der Waals surface area contributed by atoms with E-state index in [2.05, 4.69) is 26.1 Å². The summed E-state index contributed by atoms with van der Waals surface area (Å²) < 4.78 is 26.5. The molecule has 0 unspecified atom stereocenters. The quantitative estimate of drug-likeness (QED) is 0.374. The van der Waals surface area contributed by atoms with Crippen LogP contribution in [0.3, 0.4) is 0 Å². The molecule has 1 heterocycles. The van der Waals surface area contributed by atoms with E-state index in [0.717, 1.165) is 22.9 Å². The first kappa shape index (κ1) is 19.1. The van der Waals surface area contributed by atoms with Crippen LogP contribution in [-0.2, 0) is 0 Å². The summed E-state index contributed by atoms with van der Waals surface area (Å²) in [5.41, 5.74) is 12.1. The Kier molecular flexibility index (Phi) is 5.08. The Balaban J connectivity index is 1.51. The third-order valence-corrected chi connectivity index (χ3v) is 4.39. The molecule has 3 aromatic carbocycles. The molecule has 0 radical (unpaired) electrons. The van der Waals surface area contributed by atoms with Crippen molar-refractivity contribution in [2.75, 3.05) is 16.5 Å². The largest absolute Gasteiger partial charge is 0.393 e. The van der Waals surface area contributed by atoms with Crippen LogP contribution in [-0.4, -0.2) is 15.9 Å². The summed E-state index contributed by atoms with van der Waals surface area (Å²) in [7, 11) is 0. The van der Waals surface area contributed by atoms with Crippen LogP contribution in [0.5, 0.6) is 0 Å². The molecule has 5 N–H and O–H groups in total. The number of hydrogen-bond acceptors (Lipinski definition) is 6. The standard InChI is InChI=1S/C21H16F2N6O/c22-16-9-8-13(10-17(16)23)27-19-18(24)20(26-11-25-19)28-29-21(30)15-7-3-5-12-4-1-2-6-14(12)15/h1-11H,24H2,(H,29,30)(H2,25,26,27,28). The molecule has 0 atom stereocenters. The van der Waals surface area contributed by atoms with Gasteiger partial charge in [0.1, 0.15) is 12.0 Å². The average Bonchev–Trinajstić information content (AvgIpc) is 2.76. The first-order valence-corrected chi connectivity index (χ1v) is 8.89. The number of rotatable bonds is 5. The van der Waals surface area contributed by atoms with Gasteiger partial charge in [0.2, 0.25) is 0 Å². The van der Waals surface area contributed by atoms with Gasteiger partial charge in [-0.2, -0.15) is 0 Å². The number of halogens is 2. The van der Waals surface area contributed by atoms with Gasteiger partial charge in [0.25, 0.3) is 5.91 Å². The van der Waals surface area contributed by atoms with E-state index < -0.39 is 11.6 Å². The summed E-state index contributed by atoms with van der Waals surface area (Å²) in [5.74, 6) is -2.04. The van der Waals surface area contributed by atoms with Crippen molar-refractivity contribution < 1.29 is 13.6 Å². The number of nitrogens with zero attached hydrogens (tertiary/aromatic N) is 2. The maximum Gasteiger partial charge on any atom is 0.270 e. The number of nitrogen functional groups attached to an aromatic ring is 1. The number of carbonyl (C=O) groups is 1. The number of aromatic nitrogens is 2. The molecule has 0 saturated heterocycles. The van der Waals surface area contributed by atoms with Gasteiger partial charge in [-0.3, -0.25) is 15.6 Å². The average molecular weight is 406 g/mol. The molecule has 4 rings (SSSR count). The molecule has 30 heavy (non-hydrogen) atoms. The van der Waals surface area contributed by atoms with Crippen molar-refractivity contribution in [2.24, 2.45) is 0 Å². The summed E-state index contributed by atoms with van der Waals surface area (Å²) in [6, 6.07) is 16.2. The van der Waals surface area contributed by atoms with Gasteiger partial charge in [-0.05, 0) is 29.0 Å². The third-order valence-electron chi connectivity index (χ3n) is 4.39. The molecule has 4 aromatic rings. The Morgan fingerprint density at radius 1 is 0.900 bits per heavy atom. The van der Waals surface area contributed by atoms with Crippen LogP contribution in [0, 0.1) is 11.6 Å². The van der Waals surface area contributed by atoms with Crippen molar-refractivity contribution in [3.05, 3.63) is 84.2 Å². The van der Waals surface area contributed by atoms with Crippen molar-refractivity contribution in [3.63, 3.8) is 0 Å². The number of nitrogens with two attached hydrogens (primary N) is 1. The van der Waals surface area contributed by atoms with Gasteiger partial charge in [-0.1, -0.05) is 36.4 Å². The van der Waals surface area contributed by atoms with E-state index in [1.54, 1.807) is 12.1 Å². The maximum absolute atomic E-state index is 13.4. The molecule has 0 aliphatic heterocycles. The number of carbonyl (C=O) groups excluding carboxylic acids is 1. The molecule has 150 valence electrons. The topological polar surface area (TPSA) is 105 Å². The van der Waals surface area contributed by atoms with Crippen molar-refractivity contribution in [1.82, 2.24) is 15.4 Å². The van der Waals surface area contributed by atoms with Crippen molar-refractivity contribution >= 4 is 39.7 Å². The van der Waals surface area contributed by atoms with Crippen LogP contribution < -0.4 is 21.9 Å². The molecule has 7 nitrogen and oxygen atoms in total. The second-order valence-electron chi connectivity index (χ2n) is 6.34. The molecular weight excluding hydrogens is 390 g/mol. The van der Waals surface area contributed by atoms with E-state index in [4.69, 9.17) is 5.73 Å². The van der Waals surface area contributed by atoms with E-state index in [0.29, 0.717) is 5.56 Å². The first-order chi connectivity index (χ1) is 14.5. The minimum atomic E-state index is -1.01. The lowest BCUT2D eigenvalue weighted by Gasteiger charge is -2.14. The lowest BCUT2D eigenvalue weighted by molar-refractivity contribution is 0.0964. The lowest BCUT2D eigenvalue weighted by atomic mass is 10.0. The molecule has 1 amide bonds. The molecule has 0 spiro atoms. The molecule has 0 aliphatic carbocycles. The highest BCUT2D eigenvalue weighted by molar-refractivity contribution is 6.07. The summed E-state index contributed by atoms with van der Waals surface area (Å²) in [6.45, 7) is 0. The van der Waals surface area contributed by atoms with Crippen LogP contribution in [0.4, 0.5) is 31.8 Å². The first-order valence-electron chi connectivity index (χ1n) is 8.89. The predicted molar refractivity (Wildman–Crippen MR) is 111 cm³/mol. The molecule has 0 bridgehead atoms. The van der Waals surface area contributed by atoms with E-state index in [9.17, 15) is 13.6 Å². The zero-order valence-corrected chi connectivity index (χ0v) is 15.5. The molecular formula is C21H16F2N6O. The summed E-state index contributed by atoms with van der Waals surface area (Å²) in [4.78, 5) is 20.6. The minimum absolute atomic E-state index is 0.0838. The van der Waals surface area contributed by atoms with Gasteiger partial charge in [0.05, 0.1) is 0 Å². The van der Waals surface area contributed by atoms with Gasteiger partial charge >= 0.3 is 0 Å². The fourth-order valence-corrected chi connectivity index (χ4v) is 2.91. The molecule has 0 aliphatic rings. The van der Waals surface area contributed by atoms with E-state index >= 15 is 0 Å². The van der Waals surface area contributed by atoms with Crippen molar-refractivity contribution in [1.29, 1.82) is 0 Å². The van der Waals surface area contributed by atoms with Crippen LogP contribution >= 0.6 is 0 Å². The lowest BCUT2D eigenvalue weighted by Crippen LogP contribution is -2.30. The summed E-state index contributed by atoms with van der Waals surface area (Å²) >= 11 is 0. The second kappa shape index (κ2) is 8.00. The molecule has 0 saturated carbocycles. The van der Waals surface area contributed by atoms with E-state index in [1.807, 2.05) is 30.3 Å². The Hall–Kier alpha value is -4.27.